The molecule has 0 spiro atoms. The zero-order valence-electron chi connectivity index (χ0n) is 10.6. The molecule has 0 heterocycles. The zero-order valence-corrected chi connectivity index (χ0v) is 11.4. The molecule has 20 heavy (non-hydrogen) atoms. The minimum Gasteiger partial charge on any atom is -0.496 e. The molecule has 0 unspecified atom stereocenters. The van der Waals surface area contributed by atoms with Gasteiger partial charge in [0, 0.05) is 5.02 Å². The fourth-order valence-corrected chi connectivity index (χ4v) is 1.86. The molecule has 3 N–H and O–H groups in total. The Morgan fingerprint density at radius 1 is 1.30 bits per heavy atom. The van der Waals surface area contributed by atoms with E-state index >= 15 is 0 Å². The van der Waals surface area contributed by atoms with E-state index in [0.29, 0.717) is 10.8 Å². The Morgan fingerprint density at radius 3 is 2.75 bits per heavy atom. The van der Waals surface area contributed by atoms with E-state index in [9.17, 15) is 9.18 Å². The molecule has 0 bridgehead atoms. The molecule has 0 atom stereocenters. The van der Waals surface area contributed by atoms with Crippen LogP contribution in [-0.4, -0.2) is 13.0 Å². The maximum atomic E-state index is 13.2. The first-order chi connectivity index (χ1) is 9.51. The second-order valence-electron chi connectivity index (χ2n) is 4.03. The SMILES string of the molecule is COc1ccc(Cl)cc1C(=O)Nc1cc(F)ccc1N. The first-order valence-corrected chi connectivity index (χ1v) is 6.09. The topological polar surface area (TPSA) is 64.3 Å². The van der Waals surface area contributed by atoms with Gasteiger partial charge in [0.05, 0.1) is 24.0 Å². The predicted molar refractivity (Wildman–Crippen MR) is 76.8 cm³/mol. The smallest absolute Gasteiger partial charge is 0.259 e. The summed E-state index contributed by atoms with van der Waals surface area (Å²) in [4.78, 5) is 12.2. The summed E-state index contributed by atoms with van der Waals surface area (Å²) in [5, 5.41) is 2.92. The summed E-state index contributed by atoms with van der Waals surface area (Å²) in [5.74, 6) is -0.615. The highest BCUT2D eigenvalue weighted by Crippen LogP contribution is 2.25. The van der Waals surface area contributed by atoms with Crippen LogP contribution in [-0.2, 0) is 0 Å². The molecule has 1 amide bonds. The molecule has 104 valence electrons. The van der Waals surface area contributed by atoms with Crippen LogP contribution in [0.2, 0.25) is 5.02 Å². The van der Waals surface area contributed by atoms with Crippen LogP contribution < -0.4 is 15.8 Å². The minimum atomic E-state index is -0.493. The normalized spacial score (nSPS) is 10.2. The van der Waals surface area contributed by atoms with Crippen molar-refractivity contribution in [2.75, 3.05) is 18.2 Å². The number of methoxy groups -OCH3 is 1. The van der Waals surface area contributed by atoms with Crippen LogP contribution in [0.3, 0.4) is 0 Å². The van der Waals surface area contributed by atoms with Gasteiger partial charge in [0.25, 0.3) is 5.91 Å². The highest BCUT2D eigenvalue weighted by Gasteiger charge is 2.14. The van der Waals surface area contributed by atoms with Gasteiger partial charge in [0.1, 0.15) is 11.6 Å². The van der Waals surface area contributed by atoms with Gasteiger partial charge in [-0.05, 0) is 36.4 Å². The van der Waals surface area contributed by atoms with Crippen molar-refractivity contribution in [2.45, 2.75) is 0 Å². The minimum absolute atomic E-state index is 0.192. The highest BCUT2D eigenvalue weighted by atomic mass is 35.5. The number of carbonyl (C=O) groups is 1. The number of anilines is 2. The predicted octanol–water partition coefficient (Wildman–Crippen LogP) is 3.32. The molecule has 2 aromatic rings. The number of ether oxygens (including phenoxy) is 1. The lowest BCUT2D eigenvalue weighted by atomic mass is 10.1. The quantitative estimate of drug-likeness (QED) is 0.854. The summed E-state index contributed by atoms with van der Waals surface area (Å²) in [6, 6.07) is 8.38. The van der Waals surface area contributed by atoms with E-state index < -0.39 is 11.7 Å². The molecule has 2 aromatic carbocycles. The highest BCUT2D eigenvalue weighted by molar-refractivity contribution is 6.31. The number of hydrogen-bond acceptors (Lipinski definition) is 3. The second-order valence-corrected chi connectivity index (χ2v) is 4.47. The Morgan fingerprint density at radius 2 is 2.05 bits per heavy atom. The first-order valence-electron chi connectivity index (χ1n) is 5.71. The van der Waals surface area contributed by atoms with Crippen LogP contribution in [0.25, 0.3) is 0 Å². The Balaban J connectivity index is 2.32. The number of nitrogens with two attached hydrogens (primary N) is 1. The molecule has 0 saturated carbocycles. The number of nitrogen functional groups attached to an aromatic ring is 1. The van der Waals surface area contributed by atoms with Crippen molar-refractivity contribution < 1.29 is 13.9 Å². The maximum absolute atomic E-state index is 13.2. The summed E-state index contributed by atoms with van der Waals surface area (Å²) in [6.45, 7) is 0. The third-order valence-corrected chi connectivity index (χ3v) is 2.90. The molecule has 0 aromatic heterocycles. The molecule has 0 aliphatic carbocycles. The third kappa shape index (κ3) is 3.00. The maximum Gasteiger partial charge on any atom is 0.259 e. The van der Waals surface area contributed by atoms with Crippen LogP contribution in [0, 0.1) is 5.82 Å². The second kappa shape index (κ2) is 5.79. The molecule has 2 rings (SSSR count). The summed E-state index contributed by atoms with van der Waals surface area (Å²) < 4.78 is 18.2. The first kappa shape index (κ1) is 14.1. The average Bonchev–Trinajstić information content (AvgIpc) is 2.42. The number of carbonyl (C=O) groups excluding carboxylic acids is 1. The molecule has 6 heteroatoms. The van der Waals surface area contributed by atoms with E-state index in [1.807, 2.05) is 0 Å². The number of nitrogens with one attached hydrogen (secondary N) is 1. The lowest BCUT2D eigenvalue weighted by Gasteiger charge is -2.11. The van der Waals surface area contributed by atoms with Gasteiger partial charge in [-0.3, -0.25) is 4.79 Å². The van der Waals surface area contributed by atoms with Gasteiger partial charge in [-0.2, -0.15) is 0 Å². The lowest BCUT2D eigenvalue weighted by molar-refractivity contribution is 0.102. The molecule has 0 saturated heterocycles. The van der Waals surface area contributed by atoms with Gasteiger partial charge in [-0.25, -0.2) is 4.39 Å². The van der Waals surface area contributed by atoms with Crippen molar-refractivity contribution in [1.82, 2.24) is 0 Å². The van der Waals surface area contributed by atoms with E-state index in [-0.39, 0.29) is 16.9 Å². The molecule has 0 radical (unpaired) electrons. The average molecular weight is 295 g/mol. The van der Waals surface area contributed by atoms with Gasteiger partial charge < -0.3 is 15.8 Å². The van der Waals surface area contributed by atoms with Gasteiger partial charge in [-0.1, -0.05) is 11.6 Å². The molecular formula is C14H12ClFN2O2. The van der Waals surface area contributed by atoms with Crippen LogP contribution in [0.4, 0.5) is 15.8 Å². The molecular weight excluding hydrogens is 283 g/mol. The van der Waals surface area contributed by atoms with Crippen LogP contribution in [0.5, 0.6) is 5.75 Å². The van der Waals surface area contributed by atoms with Crippen molar-refractivity contribution in [3.05, 3.63) is 52.8 Å². The Kier molecular flexibility index (Phi) is 4.10. The summed E-state index contributed by atoms with van der Waals surface area (Å²) in [7, 11) is 1.44. The summed E-state index contributed by atoms with van der Waals surface area (Å²) >= 11 is 5.86. The summed E-state index contributed by atoms with van der Waals surface area (Å²) in [6.07, 6.45) is 0. The van der Waals surface area contributed by atoms with E-state index in [1.54, 1.807) is 12.1 Å². The number of hydrogen-bond donors (Lipinski definition) is 2. The van der Waals surface area contributed by atoms with Crippen molar-refractivity contribution in [3.63, 3.8) is 0 Å². The number of rotatable bonds is 3. The standard InChI is InChI=1S/C14H12ClFN2O2/c1-20-13-5-2-8(15)6-10(13)14(19)18-12-7-9(16)3-4-11(12)17/h2-7H,17H2,1H3,(H,18,19). The number of halogens is 2. The largest absolute Gasteiger partial charge is 0.496 e. The van der Waals surface area contributed by atoms with E-state index in [0.717, 1.165) is 6.07 Å². The molecule has 0 aliphatic heterocycles. The number of benzene rings is 2. The fourth-order valence-electron chi connectivity index (χ4n) is 1.68. The van der Waals surface area contributed by atoms with Gasteiger partial charge in [0.2, 0.25) is 0 Å². The monoisotopic (exact) mass is 294 g/mol. The van der Waals surface area contributed by atoms with Crippen LogP contribution in [0.15, 0.2) is 36.4 Å². The van der Waals surface area contributed by atoms with Crippen molar-refractivity contribution in [3.8, 4) is 5.75 Å². The fraction of sp³-hybridized carbons (Fsp3) is 0.0714. The Hall–Kier alpha value is -2.27. The van der Waals surface area contributed by atoms with E-state index in [2.05, 4.69) is 5.32 Å². The Bertz CT molecular complexity index is 662. The zero-order chi connectivity index (χ0) is 14.7. The lowest BCUT2D eigenvalue weighted by Crippen LogP contribution is -2.14. The van der Waals surface area contributed by atoms with Crippen molar-refractivity contribution >= 4 is 28.9 Å². The molecule has 4 nitrogen and oxygen atoms in total. The van der Waals surface area contributed by atoms with Gasteiger partial charge in [-0.15, -0.1) is 0 Å². The van der Waals surface area contributed by atoms with Crippen molar-refractivity contribution in [1.29, 1.82) is 0 Å². The van der Waals surface area contributed by atoms with Gasteiger partial charge in [0.15, 0.2) is 0 Å². The Labute approximate surface area is 120 Å². The summed E-state index contributed by atoms with van der Waals surface area (Å²) in [5.41, 5.74) is 6.37. The third-order valence-electron chi connectivity index (χ3n) is 2.67. The molecule has 0 fully saturated rings. The van der Waals surface area contributed by atoms with E-state index in [4.69, 9.17) is 22.1 Å². The van der Waals surface area contributed by atoms with E-state index in [1.165, 1.54) is 25.3 Å². The van der Waals surface area contributed by atoms with Crippen LogP contribution in [0.1, 0.15) is 10.4 Å². The number of amides is 1. The molecule has 0 aliphatic rings. The van der Waals surface area contributed by atoms with Crippen LogP contribution >= 0.6 is 11.6 Å². The van der Waals surface area contributed by atoms with Gasteiger partial charge >= 0.3 is 0 Å². The van der Waals surface area contributed by atoms with Crippen molar-refractivity contribution in [2.24, 2.45) is 0 Å².